The number of carbonyl (C=O) groups is 1. The zero-order valence-electron chi connectivity index (χ0n) is 21.6. The number of rotatable bonds is 12. The average molecular weight is 482 g/mol. The molecule has 0 saturated carbocycles. The second-order valence-electron chi connectivity index (χ2n) is 8.68. The lowest BCUT2D eigenvalue weighted by Gasteiger charge is -2.30. The van der Waals surface area contributed by atoms with E-state index in [-0.39, 0.29) is 5.78 Å². The van der Waals surface area contributed by atoms with Crippen molar-refractivity contribution in [1.82, 2.24) is 4.90 Å². The van der Waals surface area contributed by atoms with Crippen molar-refractivity contribution in [1.29, 1.82) is 0 Å². The summed E-state index contributed by atoms with van der Waals surface area (Å²) in [7, 11) is 4.68. The number of allylic oxidation sites excluding steroid dienone is 1. The van der Waals surface area contributed by atoms with Gasteiger partial charge in [-0.3, -0.25) is 9.69 Å². The summed E-state index contributed by atoms with van der Waals surface area (Å²) >= 11 is 0. The summed E-state index contributed by atoms with van der Waals surface area (Å²) in [5.74, 6) is 1.55. The Morgan fingerprint density at radius 3 is 2.14 bits per heavy atom. The lowest BCUT2D eigenvalue weighted by molar-refractivity contribution is 0.103. The number of benzene rings is 2. The molecule has 0 fully saturated rings. The van der Waals surface area contributed by atoms with E-state index < -0.39 is 0 Å². The van der Waals surface area contributed by atoms with Gasteiger partial charge in [-0.05, 0) is 57.5 Å². The molecule has 35 heavy (non-hydrogen) atoms. The number of fused-ring (bicyclic) bond motifs is 1. The minimum absolute atomic E-state index is 0.265. The molecule has 188 valence electrons. The van der Waals surface area contributed by atoms with Crippen LogP contribution in [0.5, 0.6) is 23.0 Å². The highest BCUT2D eigenvalue weighted by Crippen LogP contribution is 2.46. The Kier molecular flexibility index (Phi) is 8.82. The van der Waals surface area contributed by atoms with Crippen LogP contribution in [0.2, 0.25) is 0 Å². The van der Waals surface area contributed by atoms with Crippen LogP contribution in [-0.4, -0.2) is 57.2 Å². The first-order valence-electron chi connectivity index (χ1n) is 11.7. The Morgan fingerprint density at radius 2 is 1.57 bits per heavy atom. The lowest BCUT2D eigenvalue weighted by atomic mass is 10.0. The summed E-state index contributed by atoms with van der Waals surface area (Å²) in [6.45, 7) is 9.65. The van der Waals surface area contributed by atoms with Crippen LogP contribution >= 0.6 is 0 Å². The number of hydrogen-bond acceptors (Lipinski definition) is 7. The third-order valence-electron chi connectivity index (χ3n) is 5.90. The molecule has 0 spiro atoms. The van der Waals surface area contributed by atoms with Crippen LogP contribution in [0.1, 0.15) is 43.6 Å². The molecule has 0 aliphatic rings. The monoisotopic (exact) mass is 481 g/mol. The van der Waals surface area contributed by atoms with Crippen molar-refractivity contribution in [2.75, 3.05) is 34.5 Å². The van der Waals surface area contributed by atoms with Crippen LogP contribution in [-0.2, 0) is 0 Å². The minimum atomic E-state index is -0.265. The van der Waals surface area contributed by atoms with Crippen molar-refractivity contribution in [3.8, 4) is 23.0 Å². The maximum absolute atomic E-state index is 13.5. The molecular weight excluding hydrogens is 446 g/mol. The van der Waals surface area contributed by atoms with Crippen LogP contribution in [0.4, 0.5) is 0 Å². The summed E-state index contributed by atoms with van der Waals surface area (Å²) in [4.78, 5) is 15.8. The van der Waals surface area contributed by atoms with Crippen LogP contribution in [0, 0.1) is 0 Å². The van der Waals surface area contributed by atoms with E-state index in [0.29, 0.717) is 59.0 Å². The second-order valence-corrected chi connectivity index (χ2v) is 8.68. The molecule has 0 bridgehead atoms. The fraction of sp³-hybridized carbons (Fsp3) is 0.393. The predicted octanol–water partition coefficient (Wildman–Crippen LogP) is 5.85. The third-order valence-corrected chi connectivity index (χ3v) is 5.90. The average Bonchev–Trinajstić information content (AvgIpc) is 3.33. The maximum atomic E-state index is 13.5. The van der Waals surface area contributed by atoms with Gasteiger partial charge in [-0.15, -0.1) is 0 Å². The number of ether oxygens (including phenoxy) is 4. The first-order chi connectivity index (χ1) is 16.8. The van der Waals surface area contributed by atoms with Gasteiger partial charge < -0.3 is 23.4 Å². The summed E-state index contributed by atoms with van der Waals surface area (Å²) in [5, 5.41) is 0.642. The van der Waals surface area contributed by atoms with Crippen LogP contribution in [0.3, 0.4) is 0 Å². The molecule has 1 aromatic heterocycles. The van der Waals surface area contributed by atoms with E-state index in [1.54, 1.807) is 25.5 Å². The van der Waals surface area contributed by atoms with Gasteiger partial charge in [-0.2, -0.15) is 0 Å². The van der Waals surface area contributed by atoms with Crippen molar-refractivity contribution in [3.05, 3.63) is 53.8 Å². The molecule has 3 rings (SSSR count). The highest BCUT2D eigenvalue weighted by Gasteiger charge is 2.28. The van der Waals surface area contributed by atoms with E-state index in [9.17, 15) is 4.79 Å². The molecule has 0 radical (unpaired) electrons. The standard InChI is InChI=1S/C28H35NO6/c1-18(2)29(19(3)4)15-17-35-27-24(23(30)13-10-20-8-11-21(31-5)12-9-20)25(32-6)22-14-16-34-26(22)28(27)33-7/h8-14,16,18-19H,15,17H2,1-7H3. The van der Waals surface area contributed by atoms with Gasteiger partial charge in [-0.25, -0.2) is 0 Å². The molecule has 0 saturated heterocycles. The molecule has 3 aromatic rings. The van der Waals surface area contributed by atoms with Gasteiger partial charge in [-0.1, -0.05) is 18.2 Å². The minimum Gasteiger partial charge on any atom is -0.497 e. The predicted molar refractivity (Wildman–Crippen MR) is 138 cm³/mol. The third kappa shape index (κ3) is 5.80. The quantitative estimate of drug-likeness (QED) is 0.237. The molecule has 0 amide bonds. The fourth-order valence-corrected chi connectivity index (χ4v) is 4.21. The number of hydrogen-bond donors (Lipinski definition) is 0. The highest BCUT2D eigenvalue weighted by molar-refractivity contribution is 6.15. The normalized spacial score (nSPS) is 11.7. The Labute approximate surface area is 207 Å². The maximum Gasteiger partial charge on any atom is 0.205 e. The van der Waals surface area contributed by atoms with E-state index in [2.05, 4.69) is 32.6 Å². The van der Waals surface area contributed by atoms with Gasteiger partial charge in [0.15, 0.2) is 17.1 Å². The number of nitrogens with zero attached hydrogens (tertiary/aromatic N) is 1. The molecule has 0 unspecified atom stereocenters. The topological polar surface area (TPSA) is 70.4 Å². The van der Waals surface area contributed by atoms with E-state index in [4.69, 9.17) is 23.4 Å². The molecule has 2 aromatic carbocycles. The molecule has 0 atom stereocenters. The summed E-state index contributed by atoms with van der Waals surface area (Å²) in [6, 6.07) is 9.91. The van der Waals surface area contributed by atoms with Crippen molar-refractivity contribution in [2.45, 2.75) is 39.8 Å². The van der Waals surface area contributed by atoms with Gasteiger partial charge >= 0.3 is 0 Å². The van der Waals surface area contributed by atoms with Gasteiger partial charge in [0.2, 0.25) is 5.75 Å². The van der Waals surface area contributed by atoms with E-state index >= 15 is 0 Å². The summed E-state index contributed by atoms with van der Waals surface area (Å²) in [5.41, 5.74) is 1.63. The van der Waals surface area contributed by atoms with Gasteiger partial charge in [0.25, 0.3) is 0 Å². The first-order valence-corrected chi connectivity index (χ1v) is 11.7. The van der Waals surface area contributed by atoms with Gasteiger partial charge in [0, 0.05) is 18.6 Å². The summed E-state index contributed by atoms with van der Waals surface area (Å²) < 4.78 is 28.5. The molecule has 7 heteroatoms. The Hall–Kier alpha value is -3.45. The molecule has 0 N–H and O–H groups in total. The van der Waals surface area contributed by atoms with Crippen molar-refractivity contribution in [2.24, 2.45) is 0 Å². The number of carbonyl (C=O) groups excluding carboxylic acids is 1. The molecule has 0 aliphatic heterocycles. The zero-order valence-corrected chi connectivity index (χ0v) is 21.6. The number of furan rings is 1. The number of methoxy groups -OCH3 is 3. The Balaban J connectivity index is 2.02. The van der Waals surface area contributed by atoms with E-state index in [1.165, 1.54) is 20.3 Å². The Bertz CT molecular complexity index is 1150. The van der Waals surface area contributed by atoms with Crippen molar-refractivity contribution < 1.29 is 28.2 Å². The second kappa shape index (κ2) is 11.8. The molecule has 1 heterocycles. The SMILES string of the molecule is COc1ccc(C=CC(=O)c2c(OCCN(C(C)C)C(C)C)c(OC)c3occc3c2OC)cc1. The molecule has 0 aliphatic carbocycles. The van der Waals surface area contributed by atoms with Gasteiger partial charge in [0.05, 0.1) is 33.0 Å². The summed E-state index contributed by atoms with van der Waals surface area (Å²) in [6.07, 6.45) is 4.79. The number of ketones is 1. The highest BCUT2D eigenvalue weighted by atomic mass is 16.5. The smallest absolute Gasteiger partial charge is 0.205 e. The van der Waals surface area contributed by atoms with Gasteiger partial charge in [0.1, 0.15) is 23.7 Å². The molecular formula is C28H35NO6. The van der Waals surface area contributed by atoms with E-state index in [0.717, 1.165) is 11.3 Å². The Morgan fingerprint density at radius 1 is 0.914 bits per heavy atom. The van der Waals surface area contributed by atoms with Crippen molar-refractivity contribution >= 4 is 22.8 Å². The van der Waals surface area contributed by atoms with Crippen LogP contribution in [0.15, 0.2) is 47.1 Å². The van der Waals surface area contributed by atoms with E-state index in [1.807, 2.05) is 24.3 Å². The fourth-order valence-electron chi connectivity index (χ4n) is 4.21. The largest absolute Gasteiger partial charge is 0.497 e. The van der Waals surface area contributed by atoms with Crippen LogP contribution < -0.4 is 18.9 Å². The lowest BCUT2D eigenvalue weighted by Crippen LogP contribution is -2.39. The zero-order chi connectivity index (χ0) is 25.5. The van der Waals surface area contributed by atoms with Crippen LogP contribution in [0.25, 0.3) is 17.0 Å². The molecule has 7 nitrogen and oxygen atoms in total. The van der Waals surface area contributed by atoms with Crippen molar-refractivity contribution in [3.63, 3.8) is 0 Å². The first kappa shape index (κ1) is 26.2.